The first-order valence-electron chi connectivity index (χ1n) is 12.4. The predicted molar refractivity (Wildman–Crippen MR) is 130 cm³/mol. The molecule has 0 aliphatic carbocycles. The van der Waals surface area contributed by atoms with Crippen molar-refractivity contribution in [2.24, 2.45) is 5.92 Å². The monoisotopic (exact) mass is 497 g/mol. The predicted octanol–water partition coefficient (Wildman–Crippen LogP) is 4.71. The molecule has 3 atom stereocenters. The number of carbonyl (C=O) groups excluding carboxylic acids is 1. The SMILES string of the molecule is CC(C)CN1[C@@H]2CC[C@H]1CC(Oc1cc(F)ccc1C(=O)N1Cc3nn4cc(Cl)cnc4c3C1)C2. The Kier molecular flexibility index (Phi) is 5.68. The van der Waals surface area contributed by atoms with Gasteiger partial charge in [0.15, 0.2) is 5.65 Å². The van der Waals surface area contributed by atoms with Gasteiger partial charge in [0, 0.05) is 36.5 Å². The topological polar surface area (TPSA) is 63.0 Å². The highest BCUT2D eigenvalue weighted by atomic mass is 35.5. The molecule has 35 heavy (non-hydrogen) atoms. The van der Waals surface area contributed by atoms with Gasteiger partial charge in [0.2, 0.25) is 0 Å². The summed E-state index contributed by atoms with van der Waals surface area (Å²) in [6.07, 6.45) is 7.45. The van der Waals surface area contributed by atoms with Crippen molar-refractivity contribution in [1.29, 1.82) is 0 Å². The number of hydrogen-bond donors (Lipinski definition) is 0. The van der Waals surface area contributed by atoms with E-state index in [1.165, 1.54) is 31.0 Å². The van der Waals surface area contributed by atoms with Crippen molar-refractivity contribution in [3.05, 3.63) is 58.3 Å². The van der Waals surface area contributed by atoms with Gasteiger partial charge in [-0.25, -0.2) is 13.9 Å². The Hall–Kier alpha value is -2.71. The molecule has 0 radical (unpaired) electrons. The molecular formula is C26H29ClFN5O2. The fourth-order valence-corrected chi connectivity index (χ4v) is 6.17. The van der Waals surface area contributed by atoms with Crippen LogP contribution in [-0.2, 0) is 13.1 Å². The van der Waals surface area contributed by atoms with Gasteiger partial charge >= 0.3 is 0 Å². The van der Waals surface area contributed by atoms with Gasteiger partial charge in [-0.1, -0.05) is 25.4 Å². The van der Waals surface area contributed by atoms with E-state index in [-0.39, 0.29) is 12.0 Å². The molecule has 0 saturated carbocycles. The fraction of sp³-hybridized carbons (Fsp3) is 0.500. The van der Waals surface area contributed by atoms with Gasteiger partial charge in [-0.2, -0.15) is 5.10 Å². The molecule has 3 aliphatic heterocycles. The number of benzene rings is 1. The number of nitrogens with zero attached hydrogens (tertiary/aromatic N) is 5. The normalized spacial score (nSPS) is 23.9. The van der Waals surface area contributed by atoms with Crippen molar-refractivity contribution >= 4 is 23.2 Å². The Morgan fingerprint density at radius 2 is 2.00 bits per heavy atom. The molecule has 3 aliphatic rings. The molecule has 0 N–H and O–H groups in total. The first-order chi connectivity index (χ1) is 16.9. The maximum Gasteiger partial charge on any atom is 0.258 e. The standard InChI is InChI=1S/C26H29ClFN5O2/c1-15(2)11-32-18-4-5-19(32)9-20(8-18)35-24-7-17(28)3-6-21(24)26(34)31-13-22-23(14-31)30-33-12-16(27)10-29-25(22)33/h3,6-7,10,12,15,18-20H,4-5,8-9,11,13-14H2,1-2H3/t18-,19+,20?. The summed E-state index contributed by atoms with van der Waals surface area (Å²) in [4.78, 5) is 22.2. The molecule has 9 heteroatoms. The van der Waals surface area contributed by atoms with Crippen LogP contribution in [0.3, 0.4) is 0 Å². The summed E-state index contributed by atoms with van der Waals surface area (Å²) < 4.78 is 22.3. The summed E-state index contributed by atoms with van der Waals surface area (Å²) in [5.41, 5.74) is 2.79. The van der Waals surface area contributed by atoms with Gasteiger partial charge in [-0.05, 0) is 43.7 Å². The molecule has 2 fully saturated rings. The summed E-state index contributed by atoms with van der Waals surface area (Å²) in [6.45, 7) is 6.37. The quantitative estimate of drug-likeness (QED) is 0.511. The van der Waals surface area contributed by atoms with E-state index >= 15 is 0 Å². The Labute approximate surface area is 208 Å². The summed E-state index contributed by atoms with van der Waals surface area (Å²) in [6, 6.07) is 5.22. The third-order valence-electron chi connectivity index (χ3n) is 7.48. The van der Waals surface area contributed by atoms with Crippen molar-refractivity contribution in [2.45, 2.75) is 70.8 Å². The molecule has 6 rings (SSSR count). The third kappa shape index (κ3) is 4.16. The van der Waals surface area contributed by atoms with Crippen LogP contribution in [-0.4, -0.2) is 55.0 Å². The maximum absolute atomic E-state index is 14.2. The van der Waals surface area contributed by atoms with Gasteiger partial charge in [0.1, 0.15) is 17.7 Å². The third-order valence-corrected chi connectivity index (χ3v) is 7.68. The average Bonchev–Trinajstić information content (AvgIpc) is 3.42. The zero-order valence-corrected chi connectivity index (χ0v) is 20.7. The Balaban J connectivity index is 1.20. The highest BCUT2D eigenvalue weighted by Crippen LogP contribution is 2.39. The molecule has 1 amide bonds. The van der Waals surface area contributed by atoms with Gasteiger partial charge < -0.3 is 9.64 Å². The van der Waals surface area contributed by atoms with Gasteiger partial charge in [-0.3, -0.25) is 9.69 Å². The second kappa shape index (κ2) is 8.75. The highest BCUT2D eigenvalue weighted by Gasteiger charge is 2.42. The molecule has 1 aromatic carbocycles. The van der Waals surface area contributed by atoms with Crippen LogP contribution in [0.4, 0.5) is 4.39 Å². The summed E-state index contributed by atoms with van der Waals surface area (Å²) >= 11 is 6.03. The van der Waals surface area contributed by atoms with E-state index in [4.69, 9.17) is 16.3 Å². The maximum atomic E-state index is 14.2. The summed E-state index contributed by atoms with van der Waals surface area (Å²) in [5.74, 6) is 0.369. The van der Waals surface area contributed by atoms with Crippen molar-refractivity contribution in [3.8, 4) is 5.75 Å². The molecule has 1 unspecified atom stereocenters. The van der Waals surface area contributed by atoms with E-state index in [2.05, 4.69) is 28.8 Å². The Bertz CT molecular complexity index is 1280. The van der Waals surface area contributed by atoms with Gasteiger partial charge in [0.05, 0.1) is 35.6 Å². The lowest BCUT2D eigenvalue weighted by molar-refractivity contribution is 0.0413. The van der Waals surface area contributed by atoms with E-state index in [0.29, 0.717) is 53.1 Å². The number of ether oxygens (including phenoxy) is 1. The first kappa shape index (κ1) is 22.7. The second-order valence-electron chi connectivity index (χ2n) is 10.5. The number of halogens is 2. The summed E-state index contributed by atoms with van der Waals surface area (Å²) in [7, 11) is 0. The molecule has 3 aromatic rings. The highest BCUT2D eigenvalue weighted by molar-refractivity contribution is 6.30. The van der Waals surface area contributed by atoms with Crippen molar-refractivity contribution in [1.82, 2.24) is 24.4 Å². The number of rotatable bonds is 5. The molecule has 2 aromatic heterocycles. The molecule has 5 heterocycles. The molecule has 7 nitrogen and oxygen atoms in total. The minimum absolute atomic E-state index is 0.0156. The molecule has 0 spiro atoms. The van der Waals surface area contributed by atoms with Crippen LogP contribution in [0.2, 0.25) is 5.02 Å². The van der Waals surface area contributed by atoms with Gasteiger partial charge in [-0.15, -0.1) is 0 Å². The van der Waals surface area contributed by atoms with E-state index in [1.54, 1.807) is 21.8 Å². The van der Waals surface area contributed by atoms with E-state index < -0.39 is 5.82 Å². The number of piperidine rings is 1. The zero-order chi connectivity index (χ0) is 24.3. The number of amides is 1. The van der Waals surface area contributed by atoms with Crippen LogP contribution in [0.1, 0.15) is 61.1 Å². The summed E-state index contributed by atoms with van der Waals surface area (Å²) in [5, 5.41) is 5.04. The van der Waals surface area contributed by atoms with Crippen LogP contribution in [0.5, 0.6) is 5.75 Å². The minimum Gasteiger partial charge on any atom is -0.489 e. The first-order valence-corrected chi connectivity index (χ1v) is 12.8. The molecule has 184 valence electrons. The second-order valence-corrected chi connectivity index (χ2v) is 10.9. The number of hydrogen-bond acceptors (Lipinski definition) is 5. The Morgan fingerprint density at radius 3 is 2.74 bits per heavy atom. The van der Waals surface area contributed by atoms with Gasteiger partial charge in [0.25, 0.3) is 5.91 Å². The number of aromatic nitrogens is 3. The fourth-order valence-electron chi connectivity index (χ4n) is 6.03. The van der Waals surface area contributed by atoms with Crippen LogP contribution in [0.15, 0.2) is 30.6 Å². The van der Waals surface area contributed by atoms with E-state index in [9.17, 15) is 9.18 Å². The van der Waals surface area contributed by atoms with Crippen molar-refractivity contribution in [3.63, 3.8) is 0 Å². The average molecular weight is 498 g/mol. The lowest BCUT2D eigenvalue weighted by Crippen LogP contribution is -2.47. The number of fused-ring (bicyclic) bond motifs is 5. The minimum atomic E-state index is -0.403. The van der Waals surface area contributed by atoms with Crippen molar-refractivity contribution in [2.75, 3.05) is 6.54 Å². The molecule has 2 saturated heterocycles. The largest absolute Gasteiger partial charge is 0.489 e. The number of carbonyl (C=O) groups is 1. The zero-order valence-electron chi connectivity index (χ0n) is 20.0. The van der Waals surface area contributed by atoms with Crippen molar-refractivity contribution < 1.29 is 13.9 Å². The lowest BCUT2D eigenvalue weighted by atomic mass is 9.98. The van der Waals surface area contributed by atoms with Crippen LogP contribution < -0.4 is 4.74 Å². The molecule has 2 bridgehead atoms. The van der Waals surface area contributed by atoms with Crippen LogP contribution >= 0.6 is 11.6 Å². The van der Waals surface area contributed by atoms with E-state index in [0.717, 1.165) is 30.6 Å². The van der Waals surface area contributed by atoms with Crippen LogP contribution in [0, 0.1) is 11.7 Å². The Morgan fingerprint density at radius 1 is 1.23 bits per heavy atom. The lowest BCUT2D eigenvalue weighted by Gasteiger charge is -2.40. The van der Waals surface area contributed by atoms with E-state index in [1.807, 2.05) is 0 Å². The molecular weight excluding hydrogens is 469 g/mol. The smallest absolute Gasteiger partial charge is 0.258 e. The van der Waals surface area contributed by atoms with Crippen LogP contribution in [0.25, 0.3) is 5.65 Å².